The molecular weight excluding hydrogens is 392 g/mol. The highest BCUT2D eigenvalue weighted by atomic mass is 16.5. The maximum absolute atomic E-state index is 13.0. The van der Waals surface area contributed by atoms with Gasteiger partial charge in [0, 0.05) is 0 Å². The SMILES string of the molecule is Cc1ccccc1N1C(=O)NC(=O)/C(=C\c2ccc(OCc3ccccc3)cc2)C1=O. The lowest BCUT2D eigenvalue weighted by atomic mass is 10.1. The number of para-hydroxylation sites is 1. The van der Waals surface area contributed by atoms with Crippen molar-refractivity contribution in [2.75, 3.05) is 4.90 Å². The predicted molar refractivity (Wildman–Crippen MR) is 117 cm³/mol. The number of carbonyl (C=O) groups is 3. The summed E-state index contributed by atoms with van der Waals surface area (Å²) in [6.07, 6.45) is 1.47. The molecule has 0 radical (unpaired) electrons. The smallest absolute Gasteiger partial charge is 0.335 e. The van der Waals surface area contributed by atoms with Crippen LogP contribution in [0.15, 0.2) is 84.4 Å². The van der Waals surface area contributed by atoms with E-state index in [1.165, 1.54) is 6.08 Å². The van der Waals surface area contributed by atoms with Gasteiger partial charge in [0.15, 0.2) is 0 Å². The van der Waals surface area contributed by atoms with Crippen LogP contribution in [0.1, 0.15) is 16.7 Å². The zero-order valence-electron chi connectivity index (χ0n) is 16.9. The zero-order chi connectivity index (χ0) is 21.8. The second-order valence-corrected chi connectivity index (χ2v) is 7.09. The highest BCUT2D eigenvalue weighted by Crippen LogP contribution is 2.25. The van der Waals surface area contributed by atoms with Gasteiger partial charge in [0.25, 0.3) is 11.8 Å². The molecule has 3 aromatic rings. The van der Waals surface area contributed by atoms with Gasteiger partial charge in [-0.15, -0.1) is 0 Å². The maximum Gasteiger partial charge on any atom is 0.335 e. The molecule has 4 amide bonds. The number of imide groups is 2. The molecule has 0 aliphatic carbocycles. The van der Waals surface area contributed by atoms with Crippen molar-refractivity contribution in [2.45, 2.75) is 13.5 Å². The number of hydrogen-bond donors (Lipinski definition) is 1. The number of benzene rings is 3. The number of urea groups is 1. The molecule has 3 aromatic carbocycles. The van der Waals surface area contributed by atoms with Crippen molar-refractivity contribution in [2.24, 2.45) is 0 Å². The van der Waals surface area contributed by atoms with Crippen molar-refractivity contribution in [1.82, 2.24) is 5.32 Å². The number of nitrogens with one attached hydrogen (secondary N) is 1. The molecule has 1 fully saturated rings. The minimum Gasteiger partial charge on any atom is -0.489 e. The summed E-state index contributed by atoms with van der Waals surface area (Å²) in [7, 11) is 0. The average molecular weight is 412 g/mol. The Balaban J connectivity index is 1.54. The lowest BCUT2D eigenvalue weighted by Crippen LogP contribution is -2.54. The summed E-state index contributed by atoms with van der Waals surface area (Å²) in [5, 5.41) is 2.24. The number of barbiturate groups is 1. The third-order valence-corrected chi connectivity index (χ3v) is 4.90. The largest absolute Gasteiger partial charge is 0.489 e. The quantitative estimate of drug-likeness (QED) is 0.502. The molecule has 0 atom stereocenters. The Labute approximate surface area is 179 Å². The Morgan fingerprint density at radius 3 is 2.26 bits per heavy atom. The van der Waals surface area contributed by atoms with E-state index in [1.54, 1.807) is 49.4 Å². The fraction of sp³-hybridized carbons (Fsp3) is 0.0800. The normalized spacial score (nSPS) is 15.2. The van der Waals surface area contributed by atoms with Gasteiger partial charge in [-0.05, 0) is 47.9 Å². The molecule has 6 nitrogen and oxygen atoms in total. The molecule has 1 N–H and O–H groups in total. The zero-order valence-corrected chi connectivity index (χ0v) is 16.9. The molecule has 4 rings (SSSR count). The van der Waals surface area contributed by atoms with Crippen LogP contribution in [-0.2, 0) is 16.2 Å². The second kappa shape index (κ2) is 8.67. The first kappa shape index (κ1) is 20.1. The van der Waals surface area contributed by atoms with E-state index in [4.69, 9.17) is 4.74 Å². The summed E-state index contributed by atoms with van der Waals surface area (Å²) < 4.78 is 5.76. The van der Waals surface area contributed by atoms with Gasteiger partial charge in [0.1, 0.15) is 17.9 Å². The number of carbonyl (C=O) groups excluding carboxylic acids is 3. The van der Waals surface area contributed by atoms with Crippen LogP contribution in [0.2, 0.25) is 0 Å². The molecule has 31 heavy (non-hydrogen) atoms. The van der Waals surface area contributed by atoms with Gasteiger partial charge < -0.3 is 4.74 Å². The van der Waals surface area contributed by atoms with Crippen LogP contribution in [0.5, 0.6) is 5.75 Å². The summed E-state index contributed by atoms with van der Waals surface area (Å²) in [6, 6.07) is 23.1. The van der Waals surface area contributed by atoms with E-state index < -0.39 is 17.8 Å². The molecule has 1 heterocycles. The van der Waals surface area contributed by atoms with Crippen LogP contribution in [0.3, 0.4) is 0 Å². The molecule has 0 aromatic heterocycles. The molecular formula is C25H20N2O4. The Kier molecular flexibility index (Phi) is 5.62. The first-order chi connectivity index (χ1) is 15.0. The van der Waals surface area contributed by atoms with Crippen LogP contribution < -0.4 is 15.0 Å². The third kappa shape index (κ3) is 4.38. The van der Waals surface area contributed by atoms with Crippen molar-refractivity contribution in [3.8, 4) is 5.75 Å². The van der Waals surface area contributed by atoms with Crippen molar-refractivity contribution in [3.05, 3.63) is 101 Å². The number of aryl methyl sites for hydroxylation is 1. The van der Waals surface area contributed by atoms with E-state index in [-0.39, 0.29) is 5.57 Å². The minimum atomic E-state index is -0.758. The molecule has 0 saturated carbocycles. The summed E-state index contributed by atoms with van der Waals surface area (Å²) in [6.45, 7) is 2.24. The van der Waals surface area contributed by atoms with Crippen LogP contribution >= 0.6 is 0 Å². The van der Waals surface area contributed by atoms with Crippen molar-refractivity contribution in [1.29, 1.82) is 0 Å². The predicted octanol–water partition coefficient (Wildman–Crippen LogP) is 4.24. The van der Waals surface area contributed by atoms with Crippen LogP contribution in [-0.4, -0.2) is 17.8 Å². The first-order valence-electron chi connectivity index (χ1n) is 9.77. The fourth-order valence-electron chi connectivity index (χ4n) is 3.26. The molecule has 1 saturated heterocycles. The fourth-order valence-corrected chi connectivity index (χ4v) is 3.26. The van der Waals surface area contributed by atoms with Gasteiger partial charge in [0.2, 0.25) is 0 Å². The van der Waals surface area contributed by atoms with E-state index >= 15 is 0 Å². The number of rotatable bonds is 5. The Morgan fingerprint density at radius 1 is 0.871 bits per heavy atom. The van der Waals surface area contributed by atoms with Crippen LogP contribution in [0.4, 0.5) is 10.5 Å². The lowest BCUT2D eigenvalue weighted by molar-refractivity contribution is -0.122. The molecule has 1 aliphatic heterocycles. The van der Waals surface area contributed by atoms with Gasteiger partial charge in [-0.25, -0.2) is 9.69 Å². The molecule has 154 valence electrons. The number of hydrogen-bond acceptors (Lipinski definition) is 4. The van der Waals surface area contributed by atoms with E-state index in [0.29, 0.717) is 23.6 Å². The van der Waals surface area contributed by atoms with E-state index in [9.17, 15) is 14.4 Å². The third-order valence-electron chi connectivity index (χ3n) is 4.90. The van der Waals surface area contributed by atoms with Crippen LogP contribution in [0, 0.1) is 6.92 Å². The molecule has 0 spiro atoms. The van der Waals surface area contributed by atoms with Gasteiger partial charge in [-0.2, -0.15) is 0 Å². The Bertz CT molecular complexity index is 1170. The Hall–Kier alpha value is -4.19. The number of nitrogens with zero attached hydrogens (tertiary/aromatic N) is 1. The van der Waals surface area contributed by atoms with Crippen molar-refractivity contribution >= 4 is 29.6 Å². The minimum absolute atomic E-state index is 0.110. The van der Waals surface area contributed by atoms with Crippen molar-refractivity contribution < 1.29 is 19.1 Å². The van der Waals surface area contributed by atoms with E-state index in [1.807, 2.05) is 36.4 Å². The molecule has 0 unspecified atom stereocenters. The van der Waals surface area contributed by atoms with E-state index in [2.05, 4.69) is 5.32 Å². The van der Waals surface area contributed by atoms with E-state index in [0.717, 1.165) is 16.0 Å². The average Bonchev–Trinajstić information content (AvgIpc) is 2.78. The summed E-state index contributed by atoms with van der Waals surface area (Å²) >= 11 is 0. The topological polar surface area (TPSA) is 75.7 Å². The monoisotopic (exact) mass is 412 g/mol. The van der Waals surface area contributed by atoms with Gasteiger partial charge in [-0.1, -0.05) is 60.7 Å². The molecule has 1 aliphatic rings. The highest BCUT2D eigenvalue weighted by molar-refractivity contribution is 6.39. The molecule has 6 heteroatoms. The van der Waals surface area contributed by atoms with Crippen LogP contribution in [0.25, 0.3) is 6.08 Å². The first-order valence-corrected chi connectivity index (χ1v) is 9.77. The van der Waals surface area contributed by atoms with Crippen molar-refractivity contribution in [3.63, 3.8) is 0 Å². The number of anilines is 1. The summed E-state index contributed by atoms with van der Waals surface area (Å²) in [4.78, 5) is 38.6. The highest BCUT2D eigenvalue weighted by Gasteiger charge is 2.37. The van der Waals surface area contributed by atoms with Gasteiger partial charge >= 0.3 is 6.03 Å². The Morgan fingerprint density at radius 2 is 1.55 bits per heavy atom. The number of amides is 4. The van der Waals surface area contributed by atoms with Gasteiger partial charge in [-0.3, -0.25) is 14.9 Å². The van der Waals surface area contributed by atoms with Gasteiger partial charge in [0.05, 0.1) is 5.69 Å². The number of ether oxygens (including phenoxy) is 1. The summed E-state index contributed by atoms with van der Waals surface area (Å²) in [5.41, 5.74) is 2.78. The lowest BCUT2D eigenvalue weighted by Gasteiger charge is -2.27. The maximum atomic E-state index is 13.0. The standard InChI is InChI=1S/C25H20N2O4/c1-17-7-5-6-10-22(17)27-24(29)21(23(28)26-25(27)30)15-18-11-13-20(14-12-18)31-16-19-8-3-2-4-9-19/h2-15H,16H2,1H3,(H,26,28,30)/b21-15+. The molecule has 0 bridgehead atoms. The second-order valence-electron chi connectivity index (χ2n) is 7.09. The summed E-state index contributed by atoms with van der Waals surface area (Å²) in [5.74, 6) is -0.709.